The van der Waals surface area contributed by atoms with Gasteiger partial charge in [0.2, 0.25) is 0 Å². The molecule has 0 radical (unpaired) electrons. The molecule has 0 saturated carbocycles. The first-order valence-electron chi connectivity index (χ1n) is 10.9. The summed E-state index contributed by atoms with van der Waals surface area (Å²) in [5.41, 5.74) is 2.99. The Kier molecular flexibility index (Phi) is 7.56. The van der Waals surface area contributed by atoms with Gasteiger partial charge in [0.05, 0.1) is 6.10 Å². The van der Waals surface area contributed by atoms with Crippen LogP contribution in [0.3, 0.4) is 0 Å². The summed E-state index contributed by atoms with van der Waals surface area (Å²) in [5.74, 6) is 1.39. The van der Waals surface area contributed by atoms with Crippen LogP contribution < -0.4 is 14.8 Å². The maximum absolute atomic E-state index is 11.0. The molecule has 1 aliphatic heterocycles. The van der Waals surface area contributed by atoms with Gasteiger partial charge < -0.3 is 19.9 Å². The molecule has 1 heterocycles. The number of nitrogens with zero attached hydrogens (tertiary/aromatic N) is 1. The molecule has 4 rings (SSSR count). The molecule has 1 atom stereocenters. The number of aliphatic hydroxyl groups excluding tert-OH is 1. The topological polar surface area (TPSA) is 54.0 Å². The Morgan fingerprint density at radius 2 is 1.42 bits per heavy atom. The van der Waals surface area contributed by atoms with Crippen LogP contribution in [0.25, 0.3) is 0 Å². The van der Waals surface area contributed by atoms with E-state index < -0.39 is 6.10 Å². The number of rotatable bonds is 9. The van der Waals surface area contributed by atoms with Crippen LogP contribution in [-0.2, 0) is 13.2 Å². The van der Waals surface area contributed by atoms with Crippen LogP contribution in [0.5, 0.6) is 11.5 Å². The summed E-state index contributed by atoms with van der Waals surface area (Å²) >= 11 is 0. The zero-order valence-electron chi connectivity index (χ0n) is 17.7. The Bertz CT molecular complexity index is 928. The molecule has 3 aromatic rings. The van der Waals surface area contributed by atoms with Crippen LogP contribution in [0.4, 0.5) is 0 Å². The van der Waals surface area contributed by atoms with Gasteiger partial charge in [-0.3, -0.25) is 4.90 Å². The van der Waals surface area contributed by atoms with Crippen molar-refractivity contribution >= 4 is 0 Å². The Hall–Kier alpha value is -2.86. The number of ether oxygens (including phenoxy) is 2. The smallest absolute Gasteiger partial charge is 0.129 e. The van der Waals surface area contributed by atoms with Gasteiger partial charge in [0.25, 0.3) is 0 Å². The minimum atomic E-state index is -0.618. The maximum Gasteiger partial charge on any atom is 0.129 e. The van der Waals surface area contributed by atoms with Crippen molar-refractivity contribution in [2.24, 2.45) is 0 Å². The van der Waals surface area contributed by atoms with Crippen molar-refractivity contribution in [3.05, 3.63) is 95.6 Å². The van der Waals surface area contributed by atoms with Gasteiger partial charge in [-0.15, -0.1) is 0 Å². The number of hydrogen-bond acceptors (Lipinski definition) is 5. The van der Waals surface area contributed by atoms with E-state index in [2.05, 4.69) is 10.2 Å². The third-order valence-corrected chi connectivity index (χ3v) is 5.47. The number of β-amino-alcohol motifs (C(OH)–C–C–N with tert-alkyl or cyclic N) is 1. The molecule has 0 spiro atoms. The first-order chi connectivity index (χ1) is 15.3. The normalized spacial score (nSPS) is 15.4. The van der Waals surface area contributed by atoms with Gasteiger partial charge in [-0.2, -0.15) is 0 Å². The predicted molar refractivity (Wildman–Crippen MR) is 122 cm³/mol. The van der Waals surface area contributed by atoms with Crippen LogP contribution in [-0.4, -0.2) is 42.7 Å². The molecule has 0 aromatic heterocycles. The largest absolute Gasteiger partial charge is 0.489 e. The lowest BCUT2D eigenvalue weighted by Gasteiger charge is -2.29. The highest BCUT2D eigenvalue weighted by Crippen LogP contribution is 2.31. The van der Waals surface area contributed by atoms with Crippen molar-refractivity contribution in [2.75, 3.05) is 32.7 Å². The first kappa shape index (κ1) is 21.4. The highest BCUT2D eigenvalue weighted by molar-refractivity contribution is 5.42. The van der Waals surface area contributed by atoms with E-state index in [9.17, 15) is 5.11 Å². The fraction of sp³-hybridized carbons (Fsp3) is 0.308. The van der Waals surface area contributed by atoms with E-state index in [1.54, 1.807) is 0 Å². The minimum absolute atomic E-state index is 0.441. The summed E-state index contributed by atoms with van der Waals surface area (Å²) in [6.45, 7) is 5.31. The molecule has 1 aliphatic rings. The monoisotopic (exact) mass is 418 g/mol. The fourth-order valence-corrected chi connectivity index (χ4v) is 3.72. The lowest BCUT2D eigenvalue weighted by Crippen LogP contribution is -2.45. The molecule has 5 heteroatoms. The average molecular weight is 419 g/mol. The molecule has 1 saturated heterocycles. The van der Waals surface area contributed by atoms with Crippen molar-refractivity contribution < 1.29 is 14.6 Å². The second-order valence-electron chi connectivity index (χ2n) is 7.81. The Morgan fingerprint density at radius 1 is 0.806 bits per heavy atom. The van der Waals surface area contributed by atoms with Gasteiger partial charge in [-0.05, 0) is 23.3 Å². The van der Waals surface area contributed by atoms with Gasteiger partial charge in [0.15, 0.2) is 0 Å². The lowest BCUT2D eigenvalue weighted by molar-refractivity contribution is 0.102. The summed E-state index contributed by atoms with van der Waals surface area (Å²) in [5, 5.41) is 14.3. The molecule has 31 heavy (non-hydrogen) atoms. The quantitative estimate of drug-likeness (QED) is 0.554. The summed E-state index contributed by atoms with van der Waals surface area (Å²) in [6.07, 6.45) is -0.618. The second kappa shape index (κ2) is 11.0. The standard InChI is InChI=1S/C26H30N2O3/c29-25(18-28-15-13-27-14-16-28)24-12-11-23(30-19-21-7-3-1-4-8-21)17-26(24)31-20-22-9-5-2-6-10-22/h1-12,17,25,27,29H,13-16,18-20H2. The zero-order chi connectivity index (χ0) is 21.3. The zero-order valence-corrected chi connectivity index (χ0v) is 17.7. The average Bonchev–Trinajstić information content (AvgIpc) is 2.83. The van der Waals surface area contributed by atoms with Crippen LogP contribution in [0.15, 0.2) is 78.9 Å². The minimum Gasteiger partial charge on any atom is -0.489 e. The third kappa shape index (κ3) is 6.31. The molecular weight excluding hydrogens is 388 g/mol. The summed E-state index contributed by atoms with van der Waals surface area (Å²) in [7, 11) is 0. The molecule has 5 nitrogen and oxygen atoms in total. The van der Waals surface area contributed by atoms with Crippen LogP contribution in [0.2, 0.25) is 0 Å². The second-order valence-corrected chi connectivity index (χ2v) is 7.81. The van der Waals surface area contributed by atoms with Gasteiger partial charge >= 0.3 is 0 Å². The Labute approximate surface area is 184 Å². The van der Waals surface area contributed by atoms with Gasteiger partial charge in [0, 0.05) is 44.4 Å². The molecule has 0 bridgehead atoms. The van der Waals surface area contributed by atoms with Gasteiger partial charge in [-0.25, -0.2) is 0 Å². The van der Waals surface area contributed by atoms with Crippen LogP contribution in [0.1, 0.15) is 22.8 Å². The van der Waals surface area contributed by atoms with E-state index in [4.69, 9.17) is 9.47 Å². The van der Waals surface area contributed by atoms with E-state index >= 15 is 0 Å². The fourth-order valence-electron chi connectivity index (χ4n) is 3.72. The Balaban J connectivity index is 1.49. The molecule has 1 unspecified atom stereocenters. The summed E-state index contributed by atoms with van der Waals surface area (Å²) in [4.78, 5) is 2.28. The van der Waals surface area contributed by atoms with E-state index in [0.29, 0.717) is 25.5 Å². The van der Waals surface area contributed by atoms with E-state index in [-0.39, 0.29) is 0 Å². The molecule has 3 aromatic carbocycles. The summed E-state index contributed by atoms with van der Waals surface area (Å²) in [6, 6.07) is 25.9. The molecule has 2 N–H and O–H groups in total. The van der Waals surface area contributed by atoms with Crippen molar-refractivity contribution in [1.29, 1.82) is 0 Å². The molecular formula is C26H30N2O3. The number of benzene rings is 3. The Morgan fingerprint density at radius 3 is 2.06 bits per heavy atom. The van der Waals surface area contributed by atoms with Crippen LogP contribution in [0, 0.1) is 0 Å². The maximum atomic E-state index is 11.0. The SMILES string of the molecule is OC(CN1CCNCC1)c1ccc(OCc2ccccc2)cc1OCc1ccccc1. The molecule has 0 aliphatic carbocycles. The van der Waals surface area contributed by atoms with Crippen molar-refractivity contribution in [3.8, 4) is 11.5 Å². The molecule has 1 fully saturated rings. The third-order valence-electron chi connectivity index (χ3n) is 5.47. The number of hydrogen-bond donors (Lipinski definition) is 2. The first-order valence-corrected chi connectivity index (χ1v) is 10.9. The van der Waals surface area contributed by atoms with Crippen LogP contribution >= 0.6 is 0 Å². The lowest BCUT2D eigenvalue weighted by atomic mass is 10.1. The van der Waals surface area contributed by atoms with E-state index in [0.717, 1.165) is 48.6 Å². The summed E-state index contributed by atoms with van der Waals surface area (Å²) < 4.78 is 12.1. The van der Waals surface area contributed by atoms with Crippen molar-refractivity contribution in [2.45, 2.75) is 19.3 Å². The van der Waals surface area contributed by atoms with Crippen molar-refractivity contribution in [3.63, 3.8) is 0 Å². The number of piperazine rings is 1. The highest BCUT2D eigenvalue weighted by Gasteiger charge is 2.20. The van der Waals surface area contributed by atoms with Crippen molar-refractivity contribution in [1.82, 2.24) is 10.2 Å². The van der Waals surface area contributed by atoms with Gasteiger partial charge in [-0.1, -0.05) is 60.7 Å². The molecule has 0 amide bonds. The number of aliphatic hydroxyl groups is 1. The highest BCUT2D eigenvalue weighted by atomic mass is 16.5. The number of nitrogens with one attached hydrogen (secondary N) is 1. The van der Waals surface area contributed by atoms with E-state index in [1.165, 1.54) is 0 Å². The predicted octanol–water partition coefficient (Wildman–Crippen LogP) is 3.78. The molecule has 162 valence electrons. The van der Waals surface area contributed by atoms with E-state index in [1.807, 2.05) is 78.9 Å². The van der Waals surface area contributed by atoms with Gasteiger partial charge in [0.1, 0.15) is 24.7 Å².